The minimum absolute atomic E-state index is 0. The molecule has 1 aromatic carbocycles. The molecule has 3 rings (SSSR count). The summed E-state index contributed by atoms with van der Waals surface area (Å²) in [5.74, 6) is -0.0372. The summed E-state index contributed by atoms with van der Waals surface area (Å²) in [6.07, 6.45) is 0.222. The van der Waals surface area contributed by atoms with Crippen LogP contribution in [-0.2, 0) is 19.7 Å². The summed E-state index contributed by atoms with van der Waals surface area (Å²) in [5, 5.41) is 0. The zero-order valence-electron chi connectivity index (χ0n) is 15.2. The minimum atomic E-state index is -3.48. The van der Waals surface area contributed by atoms with Gasteiger partial charge in [-0.05, 0) is 5.56 Å². The highest BCUT2D eigenvalue weighted by molar-refractivity contribution is 7.86. The lowest BCUT2D eigenvalue weighted by atomic mass is 10.0. The summed E-state index contributed by atoms with van der Waals surface area (Å²) in [7, 11) is -3.48. The van der Waals surface area contributed by atoms with Gasteiger partial charge in [0.2, 0.25) is 5.91 Å². The number of hydrogen-bond acceptors (Lipinski definition) is 5. The van der Waals surface area contributed by atoms with E-state index >= 15 is 0 Å². The molecule has 1 amide bonds. The smallest absolute Gasteiger partial charge is 0.282 e. The highest BCUT2D eigenvalue weighted by atomic mass is 35.5. The van der Waals surface area contributed by atoms with E-state index in [-0.39, 0.29) is 30.8 Å². The van der Waals surface area contributed by atoms with Gasteiger partial charge in [0, 0.05) is 51.7 Å². The maximum Gasteiger partial charge on any atom is 0.282 e. The Morgan fingerprint density at radius 3 is 2.15 bits per heavy atom. The number of halogens is 1. The molecule has 0 aliphatic carbocycles. The second kappa shape index (κ2) is 9.81. The molecule has 0 radical (unpaired) electrons. The average molecular weight is 419 g/mol. The van der Waals surface area contributed by atoms with E-state index < -0.39 is 10.2 Å². The van der Waals surface area contributed by atoms with Crippen molar-refractivity contribution in [1.29, 1.82) is 0 Å². The van der Waals surface area contributed by atoms with Gasteiger partial charge in [0.1, 0.15) is 0 Å². The molecule has 2 aliphatic rings. The molecule has 2 aliphatic heterocycles. The predicted molar refractivity (Wildman–Crippen MR) is 105 cm³/mol. The van der Waals surface area contributed by atoms with E-state index in [1.54, 1.807) is 4.90 Å². The van der Waals surface area contributed by atoms with E-state index in [0.29, 0.717) is 52.5 Å². The molecule has 2 heterocycles. The van der Waals surface area contributed by atoms with Gasteiger partial charge in [0.15, 0.2) is 0 Å². The van der Waals surface area contributed by atoms with Gasteiger partial charge in [0.25, 0.3) is 10.2 Å². The molecule has 2 N–H and O–H groups in total. The van der Waals surface area contributed by atoms with Crippen molar-refractivity contribution in [1.82, 2.24) is 13.5 Å². The van der Waals surface area contributed by atoms with Crippen LogP contribution < -0.4 is 5.73 Å². The van der Waals surface area contributed by atoms with Crippen molar-refractivity contribution in [2.45, 2.75) is 12.5 Å². The van der Waals surface area contributed by atoms with Crippen molar-refractivity contribution in [3.05, 3.63) is 35.9 Å². The quantitative estimate of drug-likeness (QED) is 0.737. The number of nitrogens with two attached hydrogens (primary N) is 1. The van der Waals surface area contributed by atoms with Crippen LogP contribution >= 0.6 is 12.4 Å². The summed E-state index contributed by atoms with van der Waals surface area (Å²) in [6.45, 7) is 3.02. The predicted octanol–water partition coefficient (Wildman–Crippen LogP) is 0.220. The molecule has 2 saturated heterocycles. The molecule has 0 saturated carbocycles. The first kappa shape index (κ1) is 22.1. The Morgan fingerprint density at radius 1 is 1.00 bits per heavy atom. The molecule has 2 fully saturated rings. The number of rotatable bonds is 5. The fourth-order valence-electron chi connectivity index (χ4n) is 3.24. The lowest BCUT2D eigenvalue weighted by Gasteiger charge is -2.37. The zero-order chi connectivity index (χ0) is 18.6. The highest BCUT2D eigenvalue weighted by Crippen LogP contribution is 2.18. The standard InChI is InChI=1S/C17H26N4O4S.ClH/c18-16(15-4-2-1-3-5-15)14-17(22)19-6-8-20(9-7-19)26(23,24)21-10-12-25-13-11-21;/h1-5,16H,6-14,18H2;1H. The van der Waals surface area contributed by atoms with Crippen molar-refractivity contribution >= 4 is 28.5 Å². The number of piperazine rings is 1. The van der Waals surface area contributed by atoms with Gasteiger partial charge in [0.05, 0.1) is 13.2 Å². The molecular formula is C17H27ClN4O4S. The van der Waals surface area contributed by atoms with Crippen LogP contribution in [0.15, 0.2) is 30.3 Å². The third-order valence-electron chi connectivity index (χ3n) is 4.84. The Balaban J connectivity index is 0.00000261. The normalized spacial score (nSPS) is 20.7. The van der Waals surface area contributed by atoms with Crippen molar-refractivity contribution < 1.29 is 17.9 Å². The summed E-state index contributed by atoms with van der Waals surface area (Å²) < 4.78 is 33.4. The molecule has 0 spiro atoms. The molecule has 0 bridgehead atoms. The molecule has 10 heteroatoms. The number of carbonyl (C=O) groups is 1. The van der Waals surface area contributed by atoms with Gasteiger partial charge in [-0.1, -0.05) is 30.3 Å². The average Bonchev–Trinajstić information content (AvgIpc) is 2.69. The van der Waals surface area contributed by atoms with Gasteiger partial charge in [-0.3, -0.25) is 4.79 Å². The molecule has 8 nitrogen and oxygen atoms in total. The Bertz CT molecular complexity index is 705. The first-order valence-corrected chi connectivity index (χ1v) is 10.3. The molecule has 152 valence electrons. The highest BCUT2D eigenvalue weighted by Gasteiger charge is 2.34. The van der Waals surface area contributed by atoms with Gasteiger partial charge in [-0.2, -0.15) is 17.0 Å². The second-order valence-electron chi connectivity index (χ2n) is 6.52. The topological polar surface area (TPSA) is 96.2 Å². The number of morpholine rings is 1. The van der Waals surface area contributed by atoms with E-state index in [9.17, 15) is 13.2 Å². The fourth-order valence-corrected chi connectivity index (χ4v) is 4.81. The van der Waals surface area contributed by atoms with Crippen molar-refractivity contribution in [3.63, 3.8) is 0 Å². The Morgan fingerprint density at radius 2 is 1.56 bits per heavy atom. The zero-order valence-corrected chi connectivity index (χ0v) is 16.8. The first-order chi connectivity index (χ1) is 12.5. The summed E-state index contributed by atoms with van der Waals surface area (Å²) in [4.78, 5) is 14.2. The summed E-state index contributed by atoms with van der Waals surface area (Å²) in [5.41, 5.74) is 7.05. The lowest BCUT2D eigenvalue weighted by Crippen LogP contribution is -2.55. The molecule has 1 aromatic rings. The van der Waals surface area contributed by atoms with Gasteiger partial charge in [-0.15, -0.1) is 12.4 Å². The Kier molecular flexibility index (Phi) is 8.02. The van der Waals surface area contributed by atoms with Gasteiger partial charge >= 0.3 is 0 Å². The third-order valence-corrected chi connectivity index (χ3v) is 6.87. The van der Waals surface area contributed by atoms with Crippen LogP contribution in [-0.4, -0.2) is 80.3 Å². The molecule has 1 unspecified atom stereocenters. The first-order valence-electron chi connectivity index (χ1n) is 8.90. The van der Waals surface area contributed by atoms with Gasteiger partial charge in [-0.25, -0.2) is 0 Å². The van der Waals surface area contributed by atoms with E-state index in [2.05, 4.69) is 0 Å². The van der Waals surface area contributed by atoms with Crippen molar-refractivity contribution in [2.24, 2.45) is 5.73 Å². The van der Waals surface area contributed by atoms with Crippen LogP contribution in [0.1, 0.15) is 18.0 Å². The molecule has 1 atom stereocenters. The van der Waals surface area contributed by atoms with E-state index in [1.807, 2.05) is 30.3 Å². The summed E-state index contributed by atoms with van der Waals surface area (Å²) >= 11 is 0. The SMILES string of the molecule is Cl.NC(CC(=O)N1CCN(S(=O)(=O)N2CCOCC2)CC1)c1ccccc1. The Hall–Kier alpha value is -1.23. The maximum atomic E-state index is 12.7. The monoisotopic (exact) mass is 418 g/mol. The summed E-state index contributed by atoms with van der Waals surface area (Å²) in [6, 6.07) is 9.17. The molecule has 27 heavy (non-hydrogen) atoms. The number of hydrogen-bond donors (Lipinski definition) is 1. The number of benzene rings is 1. The van der Waals surface area contributed by atoms with E-state index in [0.717, 1.165) is 5.56 Å². The lowest BCUT2D eigenvalue weighted by molar-refractivity contribution is -0.132. The van der Waals surface area contributed by atoms with Crippen LogP contribution in [0.2, 0.25) is 0 Å². The van der Waals surface area contributed by atoms with Crippen LogP contribution in [0.4, 0.5) is 0 Å². The minimum Gasteiger partial charge on any atom is -0.379 e. The van der Waals surface area contributed by atoms with Crippen LogP contribution in [0, 0.1) is 0 Å². The van der Waals surface area contributed by atoms with E-state index in [4.69, 9.17) is 10.5 Å². The van der Waals surface area contributed by atoms with Crippen molar-refractivity contribution in [3.8, 4) is 0 Å². The van der Waals surface area contributed by atoms with Crippen LogP contribution in [0.25, 0.3) is 0 Å². The third kappa shape index (κ3) is 5.40. The maximum absolute atomic E-state index is 12.7. The largest absolute Gasteiger partial charge is 0.379 e. The number of ether oxygens (including phenoxy) is 1. The van der Waals surface area contributed by atoms with Crippen molar-refractivity contribution in [2.75, 3.05) is 52.5 Å². The molecular weight excluding hydrogens is 392 g/mol. The number of carbonyl (C=O) groups excluding carboxylic acids is 1. The fraction of sp³-hybridized carbons (Fsp3) is 0.588. The van der Waals surface area contributed by atoms with Crippen LogP contribution in [0.5, 0.6) is 0 Å². The Labute approximate surface area is 166 Å². The number of nitrogens with zero attached hydrogens (tertiary/aromatic N) is 3. The number of amides is 1. The van der Waals surface area contributed by atoms with Crippen LogP contribution in [0.3, 0.4) is 0 Å². The molecule has 0 aromatic heterocycles. The van der Waals surface area contributed by atoms with E-state index in [1.165, 1.54) is 8.61 Å². The van der Waals surface area contributed by atoms with Gasteiger partial charge < -0.3 is 15.4 Å². The second-order valence-corrected chi connectivity index (χ2v) is 8.45.